The molecule has 2 N–H and O–H groups in total. The van der Waals surface area contributed by atoms with Gasteiger partial charge in [-0.25, -0.2) is 4.39 Å². The molecule has 0 saturated carbocycles. The summed E-state index contributed by atoms with van der Waals surface area (Å²) in [4.78, 5) is 4.53. The number of rotatable bonds is 4. The van der Waals surface area contributed by atoms with Gasteiger partial charge < -0.3 is 10.6 Å². The predicted molar refractivity (Wildman–Crippen MR) is 81.5 cm³/mol. The van der Waals surface area contributed by atoms with E-state index in [1.807, 2.05) is 0 Å². The van der Waals surface area contributed by atoms with E-state index in [0.717, 1.165) is 25.9 Å². The molecular weight excluding hydrogens is 277 g/mol. The van der Waals surface area contributed by atoms with Crippen LogP contribution < -0.4 is 5.73 Å². The Hall–Kier alpha value is -0.680. The van der Waals surface area contributed by atoms with Crippen molar-refractivity contribution in [2.45, 2.75) is 24.9 Å². The van der Waals surface area contributed by atoms with Crippen LogP contribution in [0.25, 0.3) is 0 Å². The SMILES string of the molecule is CN(C)C1CCN(C(CN)c2cc(Cl)ccc2F)CC1. The molecule has 0 amide bonds. The Labute approximate surface area is 125 Å². The molecule has 112 valence electrons. The molecule has 5 heteroatoms. The highest BCUT2D eigenvalue weighted by Crippen LogP contribution is 2.28. The number of nitrogens with zero attached hydrogens (tertiary/aromatic N) is 2. The second kappa shape index (κ2) is 6.85. The molecule has 0 radical (unpaired) electrons. The van der Waals surface area contributed by atoms with Crippen LogP contribution in [0.5, 0.6) is 0 Å². The van der Waals surface area contributed by atoms with Gasteiger partial charge in [-0.15, -0.1) is 0 Å². The fourth-order valence-corrected chi connectivity index (χ4v) is 3.14. The van der Waals surface area contributed by atoms with Crippen LogP contribution in [0.4, 0.5) is 4.39 Å². The Morgan fingerprint density at radius 1 is 1.40 bits per heavy atom. The third-order valence-corrected chi connectivity index (χ3v) is 4.45. The number of piperidine rings is 1. The Kier molecular flexibility index (Phi) is 5.38. The summed E-state index contributed by atoms with van der Waals surface area (Å²) in [5, 5.41) is 0.558. The molecule has 0 aromatic heterocycles. The summed E-state index contributed by atoms with van der Waals surface area (Å²) >= 11 is 5.99. The zero-order valence-corrected chi connectivity index (χ0v) is 12.9. The van der Waals surface area contributed by atoms with Crippen LogP contribution in [-0.4, -0.2) is 49.6 Å². The lowest BCUT2D eigenvalue weighted by atomic mass is 9.98. The smallest absolute Gasteiger partial charge is 0.128 e. The average molecular weight is 300 g/mol. The van der Waals surface area contributed by atoms with Crippen LogP contribution in [0.2, 0.25) is 5.02 Å². The Morgan fingerprint density at radius 3 is 2.60 bits per heavy atom. The van der Waals surface area contributed by atoms with Gasteiger partial charge in [0.15, 0.2) is 0 Å². The number of benzene rings is 1. The highest BCUT2D eigenvalue weighted by Gasteiger charge is 2.27. The summed E-state index contributed by atoms with van der Waals surface area (Å²) in [6, 6.07) is 5.22. The van der Waals surface area contributed by atoms with Gasteiger partial charge in [0.2, 0.25) is 0 Å². The fraction of sp³-hybridized carbons (Fsp3) is 0.600. The van der Waals surface area contributed by atoms with Crippen LogP contribution in [0, 0.1) is 5.82 Å². The molecule has 1 aromatic carbocycles. The molecule has 1 heterocycles. The molecular formula is C15H23ClFN3. The van der Waals surface area contributed by atoms with E-state index in [4.69, 9.17) is 17.3 Å². The van der Waals surface area contributed by atoms with Crippen molar-refractivity contribution in [2.24, 2.45) is 5.73 Å². The number of nitrogens with two attached hydrogens (primary N) is 1. The number of hydrogen-bond acceptors (Lipinski definition) is 3. The van der Waals surface area contributed by atoms with Crippen LogP contribution in [-0.2, 0) is 0 Å². The molecule has 1 atom stereocenters. The monoisotopic (exact) mass is 299 g/mol. The van der Waals surface area contributed by atoms with Gasteiger partial charge in [-0.2, -0.15) is 0 Å². The number of halogens is 2. The third-order valence-electron chi connectivity index (χ3n) is 4.21. The first-order chi connectivity index (χ1) is 9.52. The van der Waals surface area contributed by atoms with Crippen LogP contribution in [0.15, 0.2) is 18.2 Å². The molecule has 3 nitrogen and oxygen atoms in total. The molecule has 0 spiro atoms. The number of hydrogen-bond donors (Lipinski definition) is 1. The van der Waals surface area contributed by atoms with Gasteiger partial charge in [0.1, 0.15) is 5.82 Å². The standard InChI is InChI=1S/C15H23ClFN3/c1-19(2)12-5-7-20(8-6-12)15(10-18)13-9-11(16)3-4-14(13)17/h3-4,9,12,15H,5-8,10,18H2,1-2H3. The van der Waals surface area contributed by atoms with Crippen molar-refractivity contribution in [3.63, 3.8) is 0 Å². The normalized spacial score (nSPS) is 19.5. The average Bonchev–Trinajstić information content (AvgIpc) is 2.44. The topological polar surface area (TPSA) is 32.5 Å². The quantitative estimate of drug-likeness (QED) is 0.927. The van der Waals surface area contributed by atoms with Gasteiger partial charge in [-0.1, -0.05) is 11.6 Å². The van der Waals surface area contributed by atoms with Crippen LogP contribution in [0.1, 0.15) is 24.4 Å². The van der Waals surface area contributed by atoms with Crippen molar-refractivity contribution >= 4 is 11.6 Å². The van der Waals surface area contributed by atoms with Crippen LogP contribution >= 0.6 is 11.6 Å². The second-order valence-corrected chi connectivity index (χ2v) is 6.08. The third kappa shape index (κ3) is 3.50. The van der Waals surface area contributed by atoms with Gasteiger partial charge in [-0.3, -0.25) is 4.90 Å². The van der Waals surface area contributed by atoms with Crippen molar-refractivity contribution in [2.75, 3.05) is 33.7 Å². The van der Waals surface area contributed by atoms with Gasteiger partial charge in [0.25, 0.3) is 0 Å². The highest BCUT2D eigenvalue weighted by atomic mass is 35.5. The van der Waals surface area contributed by atoms with E-state index in [9.17, 15) is 4.39 Å². The first-order valence-electron chi connectivity index (χ1n) is 7.08. The van der Waals surface area contributed by atoms with Gasteiger partial charge in [0, 0.05) is 42.3 Å². The summed E-state index contributed by atoms with van der Waals surface area (Å²) < 4.78 is 14.0. The maximum atomic E-state index is 14.0. The Balaban J connectivity index is 2.11. The lowest BCUT2D eigenvalue weighted by Gasteiger charge is -2.39. The van der Waals surface area contributed by atoms with E-state index in [1.165, 1.54) is 6.07 Å². The lowest BCUT2D eigenvalue weighted by molar-refractivity contribution is 0.109. The van der Waals surface area contributed by atoms with Crippen molar-refractivity contribution < 1.29 is 4.39 Å². The van der Waals surface area contributed by atoms with Gasteiger partial charge in [-0.05, 0) is 45.1 Å². The van der Waals surface area contributed by atoms with E-state index in [2.05, 4.69) is 23.9 Å². The maximum Gasteiger partial charge on any atom is 0.128 e. The molecule has 2 rings (SSSR count). The summed E-state index contributed by atoms with van der Waals surface area (Å²) in [5.41, 5.74) is 6.50. The van der Waals surface area contributed by atoms with Gasteiger partial charge in [0.05, 0.1) is 0 Å². The minimum atomic E-state index is -0.223. The molecule has 1 aliphatic heterocycles. The summed E-state index contributed by atoms with van der Waals surface area (Å²) in [6.45, 7) is 2.29. The molecule has 1 aromatic rings. The van der Waals surface area contributed by atoms with E-state index in [1.54, 1.807) is 12.1 Å². The summed E-state index contributed by atoms with van der Waals surface area (Å²) in [6.07, 6.45) is 2.18. The van der Waals surface area contributed by atoms with E-state index in [0.29, 0.717) is 23.2 Å². The zero-order valence-electron chi connectivity index (χ0n) is 12.1. The maximum absolute atomic E-state index is 14.0. The zero-order chi connectivity index (χ0) is 14.7. The first-order valence-corrected chi connectivity index (χ1v) is 7.46. The summed E-state index contributed by atoms with van der Waals surface area (Å²) in [5.74, 6) is -0.223. The van der Waals surface area contributed by atoms with Gasteiger partial charge >= 0.3 is 0 Å². The second-order valence-electron chi connectivity index (χ2n) is 5.65. The lowest BCUT2D eigenvalue weighted by Crippen LogP contribution is -2.45. The molecule has 0 bridgehead atoms. The molecule has 0 aliphatic carbocycles. The molecule has 1 saturated heterocycles. The number of likely N-dealkylation sites (tertiary alicyclic amines) is 1. The fourth-order valence-electron chi connectivity index (χ4n) is 2.96. The van der Waals surface area contributed by atoms with Crippen molar-refractivity contribution in [3.05, 3.63) is 34.6 Å². The molecule has 1 aliphatic rings. The Morgan fingerprint density at radius 2 is 2.05 bits per heavy atom. The molecule has 20 heavy (non-hydrogen) atoms. The van der Waals surface area contributed by atoms with Crippen molar-refractivity contribution in [1.82, 2.24) is 9.80 Å². The minimum absolute atomic E-state index is 0.0863. The van der Waals surface area contributed by atoms with E-state index >= 15 is 0 Å². The minimum Gasteiger partial charge on any atom is -0.329 e. The van der Waals surface area contributed by atoms with Crippen LogP contribution in [0.3, 0.4) is 0 Å². The highest BCUT2D eigenvalue weighted by molar-refractivity contribution is 6.30. The predicted octanol–water partition coefficient (Wildman–Crippen LogP) is 2.50. The summed E-state index contributed by atoms with van der Waals surface area (Å²) in [7, 11) is 4.22. The molecule has 1 unspecified atom stereocenters. The van der Waals surface area contributed by atoms with E-state index < -0.39 is 0 Å². The Bertz CT molecular complexity index is 445. The largest absolute Gasteiger partial charge is 0.329 e. The van der Waals surface area contributed by atoms with E-state index in [-0.39, 0.29) is 11.9 Å². The molecule has 1 fully saturated rings. The van der Waals surface area contributed by atoms with Crippen molar-refractivity contribution in [3.8, 4) is 0 Å². The first kappa shape index (κ1) is 15.7. The van der Waals surface area contributed by atoms with Crippen molar-refractivity contribution in [1.29, 1.82) is 0 Å².